The average molecular weight is 434 g/mol. The number of benzene rings is 2. The molecule has 0 bridgehead atoms. The molecule has 1 heterocycles. The largest absolute Gasteiger partial charge is 0.508 e. The normalized spacial score (nSPS) is 20.6. The van der Waals surface area contributed by atoms with E-state index in [4.69, 9.17) is 16.0 Å². The van der Waals surface area contributed by atoms with Gasteiger partial charge in [0.25, 0.3) is 0 Å². The molecule has 1 aliphatic heterocycles. The summed E-state index contributed by atoms with van der Waals surface area (Å²) < 4.78 is 10.7. The Morgan fingerprint density at radius 3 is 2.94 bits per heavy atom. The van der Waals surface area contributed by atoms with Crippen molar-refractivity contribution in [2.45, 2.75) is 44.4 Å². The maximum absolute atomic E-state index is 13.2. The predicted molar refractivity (Wildman–Crippen MR) is 119 cm³/mol. The van der Waals surface area contributed by atoms with Crippen molar-refractivity contribution >= 4 is 23.3 Å². The van der Waals surface area contributed by atoms with Gasteiger partial charge in [0.2, 0.25) is 5.91 Å². The van der Waals surface area contributed by atoms with E-state index in [0.29, 0.717) is 49.6 Å². The lowest BCUT2D eigenvalue weighted by Gasteiger charge is -2.27. The van der Waals surface area contributed by atoms with E-state index in [2.05, 4.69) is 10.2 Å². The quantitative estimate of drug-likeness (QED) is 0.494. The molecule has 32 heavy (non-hydrogen) atoms. The zero-order valence-corrected chi connectivity index (χ0v) is 18.0. The molecule has 1 fully saturated rings. The topological polar surface area (TPSA) is 89.2 Å². The first kappa shape index (κ1) is 21.7. The van der Waals surface area contributed by atoms with Gasteiger partial charge in [-0.1, -0.05) is 18.2 Å². The van der Waals surface area contributed by atoms with Crippen LogP contribution in [0, 0.1) is 12.5 Å². The van der Waals surface area contributed by atoms with Gasteiger partial charge in [-0.05, 0) is 50.3 Å². The molecule has 2 aromatic carbocycles. The van der Waals surface area contributed by atoms with Crippen molar-refractivity contribution < 1.29 is 24.2 Å². The van der Waals surface area contributed by atoms with Crippen LogP contribution >= 0.6 is 0 Å². The number of phenolic OH excluding ortho intramolecular Hbond substituents is 1. The fraction of sp³-hybridized carbons (Fsp3) is 0.400. The molecule has 1 amide bonds. The fourth-order valence-electron chi connectivity index (χ4n) is 4.59. The van der Waals surface area contributed by atoms with Crippen LogP contribution in [0.2, 0.25) is 0 Å². The molecule has 0 aromatic heterocycles. The summed E-state index contributed by atoms with van der Waals surface area (Å²) in [5, 5.41) is 12.8. The van der Waals surface area contributed by atoms with E-state index in [0.717, 1.165) is 24.0 Å². The van der Waals surface area contributed by atoms with Gasteiger partial charge in [-0.25, -0.2) is 4.85 Å². The van der Waals surface area contributed by atoms with Crippen LogP contribution in [0.4, 0.5) is 11.4 Å². The van der Waals surface area contributed by atoms with Crippen LogP contribution < -0.4 is 10.1 Å². The third kappa shape index (κ3) is 4.26. The summed E-state index contributed by atoms with van der Waals surface area (Å²) in [5.74, 6) is 0.269. The zero-order chi connectivity index (χ0) is 22.7. The van der Waals surface area contributed by atoms with Crippen molar-refractivity contribution in [2.75, 3.05) is 18.5 Å². The molecule has 0 saturated heterocycles. The van der Waals surface area contributed by atoms with Gasteiger partial charge in [-0.3, -0.25) is 9.59 Å². The van der Waals surface area contributed by atoms with Crippen molar-refractivity contribution in [1.29, 1.82) is 0 Å². The van der Waals surface area contributed by atoms with Crippen LogP contribution in [0.3, 0.4) is 0 Å². The molecule has 7 heteroatoms. The van der Waals surface area contributed by atoms with Gasteiger partial charge in [0.05, 0.1) is 19.8 Å². The molecule has 2 atom stereocenters. The Morgan fingerprint density at radius 1 is 1.31 bits per heavy atom. The molecule has 1 saturated carbocycles. The number of aryl methyl sites for hydroxylation is 1. The highest BCUT2D eigenvalue weighted by Gasteiger charge is 2.61. The number of carbonyl (C=O) groups is 2. The summed E-state index contributed by atoms with van der Waals surface area (Å²) in [5.41, 5.74) is 2.65. The number of nitrogens with zero attached hydrogens (tertiary/aromatic N) is 1. The van der Waals surface area contributed by atoms with Crippen molar-refractivity contribution in [3.05, 3.63) is 58.9 Å². The molecule has 4 rings (SSSR count). The molecule has 2 aromatic rings. The second-order valence-electron chi connectivity index (χ2n) is 8.29. The lowest BCUT2D eigenvalue weighted by Crippen LogP contribution is -2.26. The van der Waals surface area contributed by atoms with Gasteiger partial charge in [0, 0.05) is 35.1 Å². The third-order valence-electron chi connectivity index (χ3n) is 6.31. The Balaban J connectivity index is 1.48. The molecule has 1 aliphatic carbocycles. The number of amides is 1. The molecule has 166 valence electrons. The van der Waals surface area contributed by atoms with Gasteiger partial charge < -0.3 is 19.9 Å². The molecule has 0 radical (unpaired) electrons. The number of nitrogens with one attached hydrogen (secondary N) is 1. The fourth-order valence-corrected chi connectivity index (χ4v) is 4.59. The number of anilines is 1. The van der Waals surface area contributed by atoms with Crippen LogP contribution in [0.1, 0.15) is 43.7 Å². The highest BCUT2D eigenvalue weighted by atomic mass is 16.5. The average Bonchev–Trinajstić information content (AvgIpc) is 3.49. The van der Waals surface area contributed by atoms with Crippen molar-refractivity contribution in [3.63, 3.8) is 0 Å². The number of esters is 1. The minimum absolute atomic E-state index is 0.0836. The van der Waals surface area contributed by atoms with E-state index in [9.17, 15) is 14.7 Å². The number of carbonyl (C=O) groups excluding carboxylic acids is 2. The standard InChI is InChI=1S/C25H26N2O5/c1-3-31-23(29)6-4-5-16-7-8-17(26-2)13-21(16)27-24(30)20-15-25(20)11-12-32-22-14-18(28)9-10-19(22)25/h7-10,13-14,20,28H,3-6,11-12,15H2,1H3,(H,27,30)/t20-,25-/m0/s1. The van der Waals surface area contributed by atoms with Gasteiger partial charge in [-0.2, -0.15) is 0 Å². The van der Waals surface area contributed by atoms with Crippen LogP contribution in [0.15, 0.2) is 36.4 Å². The van der Waals surface area contributed by atoms with E-state index in [1.807, 2.05) is 12.1 Å². The Bertz CT molecular complexity index is 1090. The highest BCUT2D eigenvalue weighted by molar-refractivity contribution is 5.97. The van der Waals surface area contributed by atoms with Gasteiger partial charge in [-0.15, -0.1) is 0 Å². The monoisotopic (exact) mass is 434 g/mol. The summed E-state index contributed by atoms with van der Waals surface area (Å²) in [4.78, 5) is 28.3. The van der Waals surface area contributed by atoms with E-state index >= 15 is 0 Å². The number of hydrogen-bond acceptors (Lipinski definition) is 5. The number of phenols is 1. The molecule has 2 aliphatic rings. The van der Waals surface area contributed by atoms with Crippen molar-refractivity contribution in [1.82, 2.24) is 0 Å². The minimum Gasteiger partial charge on any atom is -0.508 e. The number of aromatic hydroxyl groups is 1. The molecule has 2 N–H and O–H groups in total. The Labute approximate surface area is 187 Å². The summed E-state index contributed by atoms with van der Waals surface area (Å²) >= 11 is 0. The number of ether oxygens (including phenoxy) is 2. The van der Waals surface area contributed by atoms with Crippen LogP contribution in [-0.4, -0.2) is 30.2 Å². The highest BCUT2D eigenvalue weighted by Crippen LogP contribution is 2.61. The Morgan fingerprint density at radius 2 is 2.16 bits per heavy atom. The van der Waals surface area contributed by atoms with E-state index in [1.54, 1.807) is 31.2 Å². The van der Waals surface area contributed by atoms with Gasteiger partial charge >= 0.3 is 5.97 Å². The first-order chi connectivity index (χ1) is 15.5. The summed E-state index contributed by atoms with van der Waals surface area (Å²) in [7, 11) is 0. The van der Waals surface area contributed by atoms with Crippen LogP contribution in [-0.2, 0) is 26.2 Å². The van der Waals surface area contributed by atoms with E-state index < -0.39 is 0 Å². The molecule has 1 spiro atoms. The number of fused-ring (bicyclic) bond motifs is 2. The van der Waals surface area contributed by atoms with Gasteiger partial charge in [0.1, 0.15) is 11.5 Å². The predicted octanol–water partition coefficient (Wildman–Crippen LogP) is 4.51. The maximum atomic E-state index is 13.2. The second-order valence-corrected chi connectivity index (χ2v) is 8.29. The maximum Gasteiger partial charge on any atom is 0.305 e. The summed E-state index contributed by atoms with van der Waals surface area (Å²) in [6.07, 6.45) is 2.97. The Hall–Kier alpha value is -3.53. The number of rotatable bonds is 7. The van der Waals surface area contributed by atoms with E-state index in [-0.39, 0.29) is 29.0 Å². The van der Waals surface area contributed by atoms with Crippen LogP contribution in [0.25, 0.3) is 4.85 Å². The zero-order valence-electron chi connectivity index (χ0n) is 18.0. The SMILES string of the molecule is [C-]#[N+]c1ccc(CCCC(=O)OCC)c(NC(=O)[C@@H]2C[C@]23CCOc2cc(O)ccc23)c1. The molecule has 7 nitrogen and oxygen atoms in total. The smallest absolute Gasteiger partial charge is 0.305 e. The number of hydrogen-bond donors (Lipinski definition) is 2. The van der Waals surface area contributed by atoms with Gasteiger partial charge in [0.15, 0.2) is 5.69 Å². The summed E-state index contributed by atoms with van der Waals surface area (Å²) in [6, 6.07) is 10.3. The third-order valence-corrected chi connectivity index (χ3v) is 6.31. The lowest BCUT2D eigenvalue weighted by atomic mass is 9.87. The Kier molecular flexibility index (Phi) is 6.04. The second kappa shape index (κ2) is 8.91. The molecular formula is C25H26N2O5. The molecule has 0 unspecified atom stereocenters. The first-order valence-corrected chi connectivity index (χ1v) is 10.9. The lowest BCUT2D eigenvalue weighted by molar-refractivity contribution is -0.143. The van der Waals surface area contributed by atoms with Crippen LogP contribution in [0.5, 0.6) is 11.5 Å². The molecular weight excluding hydrogens is 408 g/mol. The summed E-state index contributed by atoms with van der Waals surface area (Å²) in [6.45, 7) is 9.94. The van der Waals surface area contributed by atoms with E-state index in [1.165, 1.54) is 0 Å². The minimum atomic E-state index is -0.271. The van der Waals surface area contributed by atoms with Crippen molar-refractivity contribution in [2.24, 2.45) is 5.92 Å². The van der Waals surface area contributed by atoms with Crippen molar-refractivity contribution in [3.8, 4) is 11.5 Å². The first-order valence-electron chi connectivity index (χ1n) is 10.9.